The average molecular weight is 278 g/mol. The molecular formula is C13H12ClN3O2. The van der Waals surface area contributed by atoms with Gasteiger partial charge in [-0.15, -0.1) is 0 Å². The van der Waals surface area contributed by atoms with Crippen molar-refractivity contribution >= 4 is 28.9 Å². The Morgan fingerprint density at radius 2 is 2.05 bits per heavy atom. The van der Waals surface area contributed by atoms with E-state index in [9.17, 15) is 4.79 Å². The molecule has 3 N–H and O–H groups in total. The number of hydrogen-bond acceptors (Lipinski definition) is 4. The molecule has 1 aromatic carbocycles. The van der Waals surface area contributed by atoms with Gasteiger partial charge in [-0.3, -0.25) is 4.79 Å². The number of aromatic nitrogens is 1. The number of rotatable bonds is 4. The van der Waals surface area contributed by atoms with Crippen molar-refractivity contribution in [3.05, 3.63) is 47.7 Å². The van der Waals surface area contributed by atoms with E-state index in [0.717, 1.165) is 0 Å². The quantitative estimate of drug-likeness (QED) is 0.664. The topological polar surface area (TPSA) is 77.2 Å². The number of pyridine rings is 1. The highest BCUT2D eigenvalue weighted by Gasteiger charge is 2.06. The average Bonchev–Trinajstić information content (AvgIpc) is 2.41. The van der Waals surface area contributed by atoms with Crippen LogP contribution in [0.25, 0.3) is 0 Å². The van der Waals surface area contributed by atoms with Crippen molar-refractivity contribution in [1.82, 2.24) is 4.98 Å². The summed E-state index contributed by atoms with van der Waals surface area (Å²) in [5.74, 6) is 0.258. The second-order valence-corrected chi connectivity index (χ2v) is 4.11. The van der Waals surface area contributed by atoms with Crippen LogP contribution >= 0.6 is 11.6 Å². The Morgan fingerprint density at radius 1 is 1.32 bits per heavy atom. The van der Waals surface area contributed by atoms with Gasteiger partial charge in [0.25, 0.3) is 5.91 Å². The highest BCUT2D eigenvalue weighted by Crippen LogP contribution is 2.17. The fourth-order valence-electron chi connectivity index (χ4n) is 1.38. The lowest BCUT2D eigenvalue weighted by Gasteiger charge is -2.08. The number of ether oxygens (including phenoxy) is 1. The SMILES string of the molecule is Nc1ccc(OCC(=O)Nc2cccnc2Cl)cc1. The normalized spacial score (nSPS) is 9.95. The van der Waals surface area contributed by atoms with E-state index in [0.29, 0.717) is 17.1 Å². The third kappa shape index (κ3) is 3.86. The molecule has 19 heavy (non-hydrogen) atoms. The summed E-state index contributed by atoms with van der Waals surface area (Å²) < 4.78 is 5.30. The molecule has 1 amide bonds. The summed E-state index contributed by atoms with van der Waals surface area (Å²) in [4.78, 5) is 15.5. The lowest BCUT2D eigenvalue weighted by Crippen LogP contribution is -2.20. The predicted molar refractivity (Wildman–Crippen MR) is 74.2 cm³/mol. The molecule has 0 unspecified atom stereocenters. The number of nitrogens with zero attached hydrogens (tertiary/aromatic N) is 1. The molecule has 1 heterocycles. The molecule has 98 valence electrons. The van der Waals surface area contributed by atoms with Gasteiger partial charge in [-0.1, -0.05) is 11.6 Å². The van der Waals surface area contributed by atoms with Gasteiger partial charge in [0.15, 0.2) is 11.8 Å². The van der Waals surface area contributed by atoms with E-state index in [1.54, 1.807) is 42.6 Å². The number of nitrogens with one attached hydrogen (secondary N) is 1. The second-order valence-electron chi connectivity index (χ2n) is 3.75. The highest BCUT2D eigenvalue weighted by atomic mass is 35.5. The Labute approximate surface area is 115 Å². The zero-order chi connectivity index (χ0) is 13.7. The number of anilines is 2. The fraction of sp³-hybridized carbons (Fsp3) is 0.0769. The van der Waals surface area contributed by atoms with Gasteiger partial charge in [0.05, 0.1) is 5.69 Å². The Balaban J connectivity index is 1.88. The summed E-state index contributed by atoms with van der Waals surface area (Å²) in [7, 11) is 0. The van der Waals surface area contributed by atoms with Crippen LogP contribution in [-0.4, -0.2) is 17.5 Å². The first-order valence-corrected chi connectivity index (χ1v) is 5.91. The second kappa shape index (κ2) is 6.06. The van der Waals surface area contributed by atoms with E-state index >= 15 is 0 Å². The third-order valence-corrected chi connectivity index (χ3v) is 2.58. The van der Waals surface area contributed by atoms with Gasteiger partial charge in [-0.05, 0) is 36.4 Å². The smallest absolute Gasteiger partial charge is 0.262 e. The van der Waals surface area contributed by atoms with Crippen LogP contribution in [0.2, 0.25) is 5.15 Å². The maximum Gasteiger partial charge on any atom is 0.262 e. The van der Waals surface area contributed by atoms with Crippen LogP contribution in [0.15, 0.2) is 42.6 Å². The van der Waals surface area contributed by atoms with Gasteiger partial charge >= 0.3 is 0 Å². The number of benzene rings is 1. The molecule has 0 spiro atoms. The van der Waals surface area contributed by atoms with Crippen LogP contribution in [0.3, 0.4) is 0 Å². The number of carbonyl (C=O) groups excluding carboxylic acids is 1. The molecule has 0 saturated heterocycles. The Bertz CT molecular complexity index is 572. The molecule has 0 fully saturated rings. The molecule has 0 aliphatic rings. The van der Waals surface area contributed by atoms with Crippen LogP contribution in [0.4, 0.5) is 11.4 Å². The molecule has 0 bridgehead atoms. The maximum absolute atomic E-state index is 11.7. The van der Waals surface area contributed by atoms with E-state index in [1.807, 2.05) is 0 Å². The van der Waals surface area contributed by atoms with Crippen LogP contribution in [0, 0.1) is 0 Å². The minimum Gasteiger partial charge on any atom is -0.484 e. The first-order valence-electron chi connectivity index (χ1n) is 5.54. The van der Waals surface area contributed by atoms with Crippen molar-refractivity contribution in [2.75, 3.05) is 17.7 Å². The molecule has 1 aromatic heterocycles. The zero-order valence-electron chi connectivity index (χ0n) is 9.97. The molecular weight excluding hydrogens is 266 g/mol. The molecule has 0 aliphatic heterocycles. The molecule has 5 nitrogen and oxygen atoms in total. The number of amides is 1. The minimum atomic E-state index is -0.313. The summed E-state index contributed by atoms with van der Waals surface area (Å²) in [6, 6.07) is 10.1. The number of carbonyl (C=O) groups is 1. The van der Waals surface area contributed by atoms with Crippen molar-refractivity contribution in [2.24, 2.45) is 0 Å². The van der Waals surface area contributed by atoms with E-state index in [1.165, 1.54) is 0 Å². The lowest BCUT2D eigenvalue weighted by molar-refractivity contribution is -0.118. The summed E-state index contributed by atoms with van der Waals surface area (Å²) >= 11 is 5.82. The Hall–Kier alpha value is -2.27. The van der Waals surface area contributed by atoms with Crippen molar-refractivity contribution in [1.29, 1.82) is 0 Å². The predicted octanol–water partition coefficient (Wildman–Crippen LogP) is 2.33. The van der Waals surface area contributed by atoms with E-state index in [4.69, 9.17) is 22.1 Å². The molecule has 2 rings (SSSR count). The maximum atomic E-state index is 11.7. The van der Waals surface area contributed by atoms with Crippen molar-refractivity contribution in [2.45, 2.75) is 0 Å². The number of nitrogens with two attached hydrogens (primary N) is 1. The zero-order valence-corrected chi connectivity index (χ0v) is 10.7. The first-order chi connectivity index (χ1) is 9.15. The standard InChI is InChI=1S/C13H12ClN3O2/c14-13-11(2-1-7-16-13)17-12(18)8-19-10-5-3-9(15)4-6-10/h1-7H,8,15H2,(H,17,18). The van der Waals surface area contributed by atoms with Crippen molar-refractivity contribution in [3.63, 3.8) is 0 Å². The summed E-state index contributed by atoms with van der Waals surface area (Å²) in [6.07, 6.45) is 1.54. The first kappa shape index (κ1) is 13.2. The van der Waals surface area contributed by atoms with Crippen molar-refractivity contribution in [3.8, 4) is 5.75 Å². The van der Waals surface area contributed by atoms with Crippen molar-refractivity contribution < 1.29 is 9.53 Å². The highest BCUT2D eigenvalue weighted by molar-refractivity contribution is 6.32. The fourth-order valence-corrected chi connectivity index (χ4v) is 1.55. The van der Waals surface area contributed by atoms with E-state index < -0.39 is 0 Å². The minimum absolute atomic E-state index is 0.116. The summed E-state index contributed by atoms with van der Waals surface area (Å²) in [5.41, 5.74) is 6.64. The molecule has 0 saturated carbocycles. The van der Waals surface area contributed by atoms with Gasteiger partial charge in [0, 0.05) is 11.9 Å². The number of hydrogen-bond donors (Lipinski definition) is 2. The van der Waals surface area contributed by atoms with Gasteiger partial charge in [0.2, 0.25) is 0 Å². The van der Waals surface area contributed by atoms with Crippen LogP contribution in [-0.2, 0) is 4.79 Å². The van der Waals surface area contributed by atoms with Crippen LogP contribution < -0.4 is 15.8 Å². The summed E-state index contributed by atoms with van der Waals surface area (Å²) in [6.45, 7) is -0.116. The summed E-state index contributed by atoms with van der Waals surface area (Å²) in [5, 5.41) is 2.85. The van der Waals surface area contributed by atoms with Crippen LogP contribution in [0.1, 0.15) is 0 Å². The number of halogens is 1. The molecule has 0 radical (unpaired) electrons. The van der Waals surface area contributed by atoms with Gasteiger partial charge in [-0.2, -0.15) is 0 Å². The van der Waals surface area contributed by atoms with Gasteiger partial charge < -0.3 is 15.8 Å². The Kier molecular flexibility index (Phi) is 4.20. The molecule has 0 aliphatic carbocycles. The molecule has 0 atom stereocenters. The van der Waals surface area contributed by atoms with Gasteiger partial charge in [0.1, 0.15) is 5.75 Å². The monoisotopic (exact) mass is 277 g/mol. The lowest BCUT2D eigenvalue weighted by atomic mass is 10.3. The molecule has 6 heteroatoms. The van der Waals surface area contributed by atoms with Gasteiger partial charge in [-0.25, -0.2) is 4.98 Å². The van der Waals surface area contributed by atoms with E-state index in [2.05, 4.69) is 10.3 Å². The largest absolute Gasteiger partial charge is 0.484 e. The van der Waals surface area contributed by atoms with E-state index in [-0.39, 0.29) is 17.7 Å². The number of nitrogen functional groups attached to an aromatic ring is 1. The molecule has 2 aromatic rings. The Morgan fingerprint density at radius 3 is 2.74 bits per heavy atom. The third-order valence-electron chi connectivity index (χ3n) is 2.28. The van der Waals surface area contributed by atoms with Crippen LogP contribution in [0.5, 0.6) is 5.75 Å².